The first-order valence-electron chi connectivity index (χ1n) is 10.7. The first-order chi connectivity index (χ1) is 17.0. The van der Waals surface area contributed by atoms with E-state index < -0.39 is 11.7 Å². The summed E-state index contributed by atoms with van der Waals surface area (Å²) in [4.78, 5) is 26.8. The van der Waals surface area contributed by atoms with Gasteiger partial charge < -0.3 is 10.6 Å². The molecule has 0 aromatic heterocycles. The number of carbonyl (C=O) groups excluding carboxylic acids is 2. The normalized spacial score (nSPS) is 10.3. The minimum absolute atomic E-state index is 0.0191. The van der Waals surface area contributed by atoms with Crippen molar-refractivity contribution in [3.8, 4) is 6.07 Å². The van der Waals surface area contributed by atoms with Gasteiger partial charge in [0.2, 0.25) is 5.91 Å². The second-order valence-corrected chi connectivity index (χ2v) is 8.65. The Morgan fingerprint density at radius 1 is 0.829 bits per heavy atom. The van der Waals surface area contributed by atoms with E-state index in [4.69, 9.17) is 0 Å². The maximum Gasteiger partial charge on any atom is 0.256 e. The molecule has 0 aliphatic rings. The SMILES string of the molecule is N#Cc1ccccc1Sc1ccccc1C(=O)Nc1ccc(F)c(NC(=O)Cc2ccccc2)c1. The first-order valence-corrected chi connectivity index (χ1v) is 11.6. The third kappa shape index (κ3) is 6.14. The Bertz CT molecular complexity index is 1420. The number of nitriles is 1. The van der Waals surface area contributed by atoms with Gasteiger partial charge in [-0.2, -0.15) is 5.26 Å². The minimum Gasteiger partial charge on any atom is -0.323 e. The third-order valence-electron chi connectivity index (χ3n) is 5.06. The van der Waals surface area contributed by atoms with Crippen molar-refractivity contribution < 1.29 is 14.0 Å². The number of hydrogen-bond acceptors (Lipinski definition) is 4. The number of nitrogens with zero attached hydrogens (tertiary/aromatic N) is 1. The van der Waals surface area contributed by atoms with E-state index in [1.807, 2.05) is 48.5 Å². The molecule has 7 heteroatoms. The lowest BCUT2D eigenvalue weighted by atomic mass is 10.1. The molecule has 0 fully saturated rings. The van der Waals surface area contributed by atoms with Crippen molar-refractivity contribution in [2.75, 3.05) is 10.6 Å². The van der Waals surface area contributed by atoms with Gasteiger partial charge in [0.15, 0.2) is 0 Å². The van der Waals surface area contributed by atoms with E-state index in [1.54, 1.807) is 30.3 Å². The number of anilines is 2. The quantitative estimate of drug-likeness (QED) is 0.325. The molecule has 0 radical (unpaired) electrons. The summed E-state index contributed by atoms with van der Waals surface area (Å²) in [6.07, 6.45) is 0.103. The molecule has 2 N–H and O–H groups in total. The molecule has 4 aromatic carbocycles. The van der Waals surface area contributed by atoms with Crippen LogP contribution < -0.4 is 10.6 Å². The van der Waals surface area contributed by atoms with Crippen LogP contribution in [0.1, 0.15) is 21.5 Å². The fourth-order valence-electron chi connectivity index (χ4n) is 3.38. The number of hydrogen-bond donors (Lipinski definition) is 2. The van der Waals surface area contributed by atoms with Gasteiger partial charge in [0.1, 0.15) is 11.9 Å². The fraction of sp³-hybridized carbons (Fsp3) is 0.0357. The molecule has 5 nitrogen and oxygen atoms in total. The van der Waals surface area contributed by atoms with Gasteiger partial charge in [0.25, 0.3) is 5.91 Å². The van der Waals surface area contributed by atoms with E-state index >= 15 is 0 Å². The number of halogens is 1. The Kier molecular flexibility index (Phi) is 7.56. The van der Waals surface area contributed by atoms with Crippen molar-refractivity contribution in [3.63, 3.8) is 0 Å². The number of amides is 2. The summed E-state index contributed by atoms with van der Waals surface area (Å²) >= 11 is 1.32. The summed E-state index contributed by atoms with van der Waals surface area (Å²) in [7, 11) is 0. The maximum atomic E-state index is 14.3. The Hall–Kier alpha value is -4.41. The average molecular weight is 482 g/mol. The van der Waals surface area contributed by atoms with Crippen LogP contribution in [-0.2, 0) is 11.2 Å². The van der Waals surface area contributed by atoms with E-state index in [9.17, 15) is 19.2 Å². The van der Waals surface area contributed by atoms with Crippen molar-refractivity contribution >= 4 is 35.0 Å². The maximum absolute atomic E-state index is 14.3. The Balaban J connectivity index is 1.50. The second kappa shape index (κ2) is 11.1. The first kappa shape index (κ1) is 23.7. The minimum atomic E-state index is -0.603. The van der Waals surface area contributed by atoms with Crippen molar-refractivity contribution in [2.45, 2.75) is 16.2 Å². The van der Waals surface area contributed by atoms with Crippen LogP contribution in [0.3, 0.4) is 0 Å². The number of carbonyl (C=O) groups is 2. The van der Waals surface area contributed by atoms with Gasteiger partial charge in [-0.25, -0.2) is 4.39 Å². The molecule has 0 bridgehead atoms. The highest BCUT2D eigenvalue weighted by atomic mass is 32.2. The summed E-state index contributed by atoms with van der Waals surface area (Å²) in [6, 6.07) is 29.5. The molecular formula is C28H20FN3O2S. The van der Waals surface area contributed by atoms with Gasteiger partial charge in [0.05, 0.1) is 23.2 Å². The topological polar surface area (TPSA) is 82.0 Å². The van der Waals surface area contributed by atoms with Crippen LogP contribution >= 0.6 is 11.8 Å². The molecule has 4 aromatic rings. The van der Waals surface area contributed by atoms with Crippen LogP contribution in [0.2, 0.25) is 0 Å². The van der Waals surface area contributed by atoms with Crippen molar-refractivity contribution in [3.05, 3.63) is 120 Å². The lowest BCUT2D eigenvalue weighted by Gasteiger charge is -2.12. The van der Waals surface area contributed by atoms with Crippen LogP contribution in [0.4, 0.5) is 15.8 Å². The van der Waals surface area contributed by atoms with Crippen molar-refractivity contribution in [2.24, 2.45) is 0 Å². The predicted molar refractivity (Wildman–Crippen MR) is 135 cm³/mol. The zero-order valence-corrected chi connectivity index (χ0v) is 19.3. The van der Waals surface area contributed by atoms with Crippen LogP contribution in [0, 0.1) is 17.1 Å². The van der Waals surface area contributed by atoms with Crippen molar-refractivity contribution in [1.29, 1.82) is 5.26 Å². The van der Waals surface area contributed by atoms with E-state index in [-0.39, 0.29) is 18.0 Å². The summed E-state index contributed by atoms with van der Waals surface area (Å²) in [5, 5.41) is 14.7. The molecule has 0 heterocycles. The lowest BCUT2D eigenvalue weighted by molar-refractivity contribution is -0.115. The Morgan fingerprint density at radius 2 is 1.51 bits per heavy atom. The summed E-state index contributed by atoms with van der Waals surface area (Å²) in [5.41, 5.74) is 2.05. The molecule has 2 amide bonds. The van der Waals surface area contributed by atoms with Gasteiger partial charge in [-0.1, -0.05) is 66.4 Å². The van der Waals surface area contributed by atoms with Gasteiger partial charge in [-0.05, 0) is 48.0 Å². The number of benzene rings is 4. The smallest absolute Gasteiger partial charge is 0.256 e. The van der Waals surface area contributed by atoms with Gasteiger partial charge in [-0.15, -0.1) is 0 Å². The van der Waals surface area contributed by atoms with E-state index in [2.05, 4.69) is 16.7 Å². The Morgan fingerprint density at radius 3 is 2.29 bits per heavy atom. The number of nitrogens with one attached hydrogen (secondary N) is 2. The lowest BCUT2D eigenvalue weighted by Crippen LogP contribution is -2.16. The third-order valence-corrected chi connectivity index (χ3v) is 6.22. The van der Waals surface area contributed by atoms with Crippen molar-refractivity contribution in [1.82, 2.24) is 0 Å². The standard InChI is InChI=1S/C28H20FN3O2S/c29-23-15-14-21(17-24(23)32-27(33)16-19-8-2-1-3-9-19)31-28(34)22-11-5-7-13-26(22)35-25-12-6-4-10-20(25)18-30/h1-15,17H,16H2,(H,31,34)(H,32,33). The Labute approximate surface area is 206 Å². The molecule has 0 aliphatic heterocycles. The molecule has 0 unspecified atom stereocenters. The van der Waals surface area contributed by atoms with Crippen LogP contribution in [0.25, 0.3) is 0 Å². The van der Waals surface area contributed by atoms with Gasteiger partial charge in [-0.3, -0.25) is 9.59 Å². The highest BCUT2D eigenvalue weighted by Gasteiger charge is 2.15. The highest BCUT2D eigenvalue weighted by Crippen LogP contribution is 2.33. The summed E-state index contributed by atoms with van der Waals surface area (Å²) < 4.78 is 14.3. The molecule has 0 saturated carbocycles. The van der Waals surface area contributed by atoms with Crippen LogP contribution in [0.15, 0.2) is 107 Å². The molecular weight excluding hydrogens is 461 g/mol. The molecule has 0 atom stereocenters. The van der Waals surface area contributed by atoms with E-state index in [1.165, 1.54) is 30.0 Å². The number of rotatable bonds is 7. The van der Waals surface area contributed by atoms with Crippen LogP contribution in [0.5, 0.6) is 0 Å². The average Bonchev–Trinajstić information content (AvgIpc) is 2.87. The second-order valence-electron chi connectivity index (χ2n) is 7.57. The fourth-order valence-corrected chi connectivity index (χ4v) is 4.41. The molecule has 0 spiro atoms. The predicted octanol–water partition coefficient (Wildman–Crippen LogP) is 6.28. The molecule has 172 valence electrons. The zero-order valence-electron chi connectivity index (χ0n) is 18.5. The zero-order chi connectivity index (χ0) is 24.6. The molecule has 4 rings (SSSR count). The molecule has 0 saturated heterocycles. The van der Waals surface area contributed by atoms with Gasteiger partial charge in [0, 0.05) is 15.5 Å². The van der Waals surface area contributed by atoms with E-state index in [0.717, 1.165) is 10.5 Å². The summed E-state index contributed by atoms with van der Waals surface area (Å²) in [6.45, 7) is 0. The molecule has 35 heavy (non-hydrogen) atoms. The van der Waals surface area contributed by atoms with Gasteiger partial charge >= 0.3 is 0 Å². The summed E-state index contributed by atoms with van der Waals surface area (Å²) in [5.74, 6) is -1.36. The largest absolute Gasteiger partial charge is 0.323 e. The van der Waals surface area contributed by atoms with E-state index in [0.29, 0.717) is 21.7 Å². The van der Waals surface area contributed by atoms with Crippen LogP contribution in [-0.4, -0.2) is 11.8 Å². The monoisotopic (exact) mass is 481 g/mol. The highest BCUT2D eigenvalue weighted by molar-refractivity contribution is 7.99. The molecule has 0 aliphatic carbocycles.